The van der Waals surface area contributed by atoms with Gasteiger partial charge in [0.15, 0.2) is 5.75 Å². The Labute approximate surface area is 158 Å². The Morgan fingerprint density at radius 1 is 1.00 bits per heavy atom. The van der Waals surface area contributed by atoms with Gasteiger partial charge < -0.3 is 10.4 Å². The minimum absolute atomic E-state index is 0. The first-order valence-corrected chi connectivity index (χ1v) is 9.59. The molecular formula is C22H34N2O2. The third kappa shape index (κ3) is 6.66. The number of hydrogen-bond donors (Lipinski definition) is 2. The fraction of sp³-hybridized carbons (Fsp3) is 0.545. The summed E-state index contributed by atoms with van der Waals surface area (Å²) >= 11 is 0. The molecule has 1 amide bonds. The standard InChI is InChI=1S/C21H30N2O2.CH4/c1-2-3-4-5-6-7-8-9-10-15-23-21(25)18-14-13-17-12-11-16-22-19(17)20(18)24;/h11-14,16,24H,2-10,15H2,1H3,(H,23,25);1H4. The molecule has 4 heteroatoms. The number of aromatic nitrogens is 1. The normalized spacial score (nSPS) is 10.5. The Balaban J connectivity index is 0.00000338. The van der Waals surface area contributed by atoms with Gasteiger partial charge in [-0.2, -0.15) is 0 Å². The lowest BCUT2D eigenvalue weighted by Crippen LogP contribution is -2.24. The maximum atomic E-state index is 12.2. The van der Waals surface area contributed by atoms with Gasteiger partial charge in [-0.3, -0.25) is 9.78 Å². The van der Waals surface area contributed by atoms with Crippen molar-refractivity contribution >= 4 is 16.8 Å². The van der Waals surface area contributed by atoms with Crippen LogP contribution in [0.15, 0.2) is 30.5 Å². The number of fused-ring (bicyclic) bond motifs is 1. The van der Waals surface area contributed by atoms with E-state index in [4.69, 9.17) is 0 Å². The molecule has 0 spiro atoms. The second-order valence-corrected chi connectivity index (χ2v) is 6.62. The third-order valence-electron chi connectivity index (χ3n) is 4.56. The molecule has 0 radical (unpaired) electrons. The van der Waals surface area contributed by atoms with Gasteiger partial charge in [0.2, 0.25) is 0 Å². The summed E-state index contributed by atoms with van der Waals surface area (Å²) in [4.78, 5) is 16.4. The molecule has 1 heterocycles. The van der Waals surface area contributed by atoms with E-state index in [1.165, 1.54) is 44.9 Å². The van der Waals surface area contributed by atoms with E-state index < -0.39 is 0 Å². The zero-order valence-electron chi connectivity index (χ0n) is 15.3. The van der Waals surface area contributed by atoms with Crippen molar-refractivity contribution in [2.75, 3.05) is 6.54 Å². The van der Waals surface area contributed by atoms with Gasteiger partial charge in [-0.05, 0) is 18.6 Å². The van der Waals surface area contributed by atoms with Crippen LogP contribution in [-0.4, -0.2) is 22.5 Å². The van der Waals surface area contributed by atoms with E-state index in [1.54, 1.807) is 12.3 Å². The fourth-order valence-corrected chi connectivity index (χ4v) is 3.05. The average Bonchev–Trinajstić information content (AvgIpc) is 2.63. The van der Waals surface area contributed by atoms with Crippen molar-refractivity contribution < 1.29 is 9.90 Å². The van der Waals surface area contributed by atoms with Crippen molar-refractivity contribution in [1.82, 2.24) is 10.3 Å². The van der Waals surface area contributed by atoms with Crippen LogP contribution in [0.5, 0.6) is 5.75 Å². The number of unbranched alkanes of at least 4 members (excludes halogenated alkanes) is 8. The summed E-state index contributed by atoms with van der Waals surface area (Å²) in [5.41, 5.74) is 0.764. The summed E-state index contributed by atoms with van der Waals surface area (Å²) in [7, 11) is 0. The van der Waals surface area contributed by atoms with Crippen LogP contribution in [0.2, 0.25) is 0 Å². The molecular weight excluding hydrogens is 324 g/mol. The lowest BCUT2D eigenvalue weighted by atomic mass is 10.1. The van der Waals surface area contributed by atoms with Crippen LogP contribution >= 0.6 is 0 Å². The van der Waals surface area contributed by atoms with Gasteiger partial charge in [0, 0.05) is 18.1 Å². The highest BCUT2D eigenvalue weighted by Crippen LogP contribution is 2.26. The second-order valence-electron chi connectivity index (χ2n) is 6.62. The van der Waals surface area contributed by atoms with Gasteiger partial charge >= 0.3 is 0 Å². The Kier molecular flexibility index (Phi) is 10.4. The Morgan fingerprint density at radius 3 is 2.35 bits per heavy atom. The van der Waals surface area contributed by atoms with Crippen molar-refractivity contribution in [3.8, 4) is 5.75 Å². The van der Waals surface area contributed by atoms with E-state index >= 15 is 0 Å². The highest BCUT2D eigenvalue weighted by molar-refractivity contribution is 6.02. The van der Waals surface area contributed by atoms with Crippen LogP contribution in [0.25, 0.3) is 10.9 Å². The summed E-state index contributed by atoms with van der Waals surface area (Å²) in [6, 6.07) is 7.15. The molecule has 0 saturated heterocycles. The summed E-state index contributed by atoms with van der Waals surface area (Å²) in [5.74, 6) is -0.271. The maximum absolute atomic E-state index is 12.2. The number of amides is 1. The van der Waals surface area contributed by atoms with E-state index in [0.717, 1.165) is 18.2 Å². The summed E-state index contributed by atoms with van der Waals surface area (Å²) in [6.07, 6.45) is 12.9. The predicted molar refractivity (Wildman–Crippen MR) is 110 cm³/mol. The molecule has 0 fully saturated rings. The number of pyridine rings is 1. The quantitative estimate of drug-likeness (QED) is 0.496. The molecule has 0 aliphatic heterocycles. The summed E-state index contributed by atoms with van der Waals surface area (Å²) in [6.45, 7) is 2.89. The lowest BCUT2D eigenvalue weighted by Gasteiger charge is -2.08. The second kappa shape index (κ2) is 12.3. The molecule has 4 nitrogen and oxygen atoms in total. The minimum Gasteiger partial charge on any atom is -0.505 e. The van der Waals surface area contributed by atoms with Crippen LogP contribution in [0.4, 0.5) is 0 Å². The molecule has 1 aromatic carbocycles. The SMILES string of the molecule is C.CCCCCCCCCCCNC(=O)c1ccc2cccnc2c1O. The van der Waals surface area contributed by atoms with E-state index in [1.807, 2.05) is 18.2 Å². The van der Waals surface area contributed by atoms with Crippen molar-refractivity contribution in [2.45, 2.75) is 72.1 Å². The topological polar surface area (TPSA) is 62.2 Å². The van der Waals surface area contributed by atoms with Gasteiger partial charge in [0.1, 0.15) is 5.52 Å². The molecule has 144 valence electrons. The molecule has 1 aromatic heterocycles. The van der Waals surface area contributed by atoms with E-state index in [2.05, 4.69) is 17.2 Å². The molecule has 2 N–H and O–H groups in total. The zero-order chi connectivity index (χ0) is 17.9. The number of nitrogens with one attached hydrogen (secondary N) is 1. The van der Waals surface area contributed by atoms with Gasteiger partial charge in [0.25, 0.3) is 5.91 Å². The summed E-state index contributed by atoms with van der Waals surface area (Å²) in [5, 5.41) is 14.0. The van der Waals surface area contributed by atoms with E-state index in [0.29, 0.717) is 17.6 Å². The van der Waals surface area contributed by atoms with Crippen molar-refractivity contribution in [3.63, 3.8) is 0 Å². The molecule has 0 aliphatic carbocycles. The molecule has 0 unspecified atom stereocenters. The summed E-state index contributed by atoms with van der Waals surface area (Å²) < 4.78 is 0. The van der Waals surface area contributed by atoms with Gasteiger partial charge in [0.05, 0.1) is 5.56 Å². The molecule has 26 heavy (non-hydrogen) atoms. The van der Waals surface area contributed by atoms with Crippen LogP contribution in [0.1, 0.15) is 82.5 Å². The zero-order valence-corrected chi connectivity index (χ0v) is 15.3. The number of phenols is 1. The number of carbonyl (C=O) groups is 1. The first kappa shape index (κ1) is 21.9. The molecule has 0 aliphatic rings. The van der Waals surface area contributed by atoms with E-state index in [-0.39, 0.29) is 19.1 Å². The number of hydrogen-bond acceptors (Lipinski definition) is 3. The van der Waals surface area contributed by atoms with Crippen LogP contribution < -0.4 is 5.32 Å². The maximum Gasteiger partial charge on any atom is 0.255 e. The first-order chi connectivity index (χ1) is 12.2. The minimum atomic E-state index is -0.232. The number of rotatable bonds is 11. The van der Waals surface area contributed by atoms with Crippen molar-refractivity contribution in [1.29, 1.82) is 0 Å². The monoisotopic (exact) mass is 358 g/mol. The van der Waals surface area contributed by atoms with Crippen LogP contribution in [0.3, 0.4) is 0 Å². The predicted octanol–water partition coefficient (Wildman–Crippen LogP) is 5.84. The molecule has 2 aromatic rings. The highest BCUT2D eigenvalue weighted by Gasteiger charge is 2.13. The third-order valence-corrected chi connectivity index (χ3v) is 4.56. The van der Waals surface area contributed by atoms with Crippen molar-refractivity contribution in [3.05, 3.63) is 36.0 Å². The number of carbonyl (C=O) groups excluding carboxylic acids is 1. The first-order valence-electron chi connectivity index (χ1n) is 9.59. The number of benzene rings is 1. The molecule has 0 bridgehead atoms. The Bertz CT molecular complexity index is 670. The smallest absolute Gasteiger partial charge is 0.255 e. The van der Waals surface area contributed by atoms with Crippen LogP contribution in [0, 0.1) is 0 Å². The number of aromatic hydroxyl groups is 1. The molecule has 2 rings (SSSR count). The molecule has 0 saturated carbocycles. The van der Waals surface area contributed by atoms with E-state index in [9.17, 15) is 9.90 Å². The largest absolute Gasteiger partial charge is 0.505 e. The van der Waals surface area contributed by atoms with Gasteiger partial charge in [-0.15, -0.1) is 0 Å². The van der Waals surface area contributed by atoms with Gasteiger partial charge in [-0.1, -0.05) is 77.8 Å². The Hall–Kier alpha value is -2.10. The number of nitrogens with zero attached hydrogens (tertiary/aromatic N) is 1. The van der Waals surface area contributed by atoms with Crippen molar-refractivity contribution in [2.24, 2.45) is 0 Å². The molecule has 0 atom stereocenters. The van der Waals surface area contributed by atoms with Gasteiger partial charge in [-0.25, -0.2) is 0 Å². The Morgan fingerprint density at radius 2 is 1.65 bits per heavy atom. The highest BCUT2D eigenvalue weighted by atomic mass is 16.3. The fourth-order valence-electron chi connectivity index (χ4n) is 3.05. The average molecular weight is 359 g/mol. The lowest BCUT2D eigenvalue weighted by molar-refractivity contribution is 0.0950. The number of phenolic OH excluding ortho intramolecular Hbond substituents is 1. The van der Waals surface area contributed by atoms with Crippen LogP contribution in [-0.2, 0) is 0 Å².